The molecule has 0 heterocycles. The van der Waals surface area contributed by atoms with Crippen LogP contribution in [0.25, 0.3) is 0 Å². The lowest BCUT2D eigenvalue weighted by Crippen LogP contribution is -2.19. The van der Waals surface area contributed by atoms with Gasteiger partial charge in [0, 0.05) is 4.87 Å². The lowest BCUT2D eigenvalue weighted by atomic mass is 9.87. The summed E-state index contributed by atoms with van der Waals surface area (Å²) in [5.41, 5.74) is 0. The van der Waals surface area contributed by atoms with Gasteiger partial charge in [-0.3, -0.25) is 0 Å². The second-order valence-electron chi connectivity index (χ2n) is 4.30. The van der Waals surface area contributed by atoms with E-state index in [1.54, 1.807) is 0 Å². The molecule has 1 aliphatic rings. The van der Waals surface area contributed by atoms with E-state index in [-0.39, 0.29) is 4.87 Å². The Labute approximate surface area is 75.3 Å². The topological polar surface area (TPSA) is 0 Å². The molecule has 0 saturated heterocycles. The van der Waals surface area contributed by atoms with E-state index in [2.05, 4.69) is 13.8 Å². The zero-order valence-electron chi connectivity index (χ0n) is 7.70. The Morgan fingerprint density at radius 3 is 2.09 bits per heavy atom. The highest BCUT2D eigenvalue weighted by molar-refractivity contribution is 6.23. The highest BCUT2D eigenvalue weighted by atomic mass is 35.5. The van der Waals surface area contributed by atoms with E-state index >= 15 is 0 Å². The summed E-state index contributed by atoms with van der Waals surface area (Å²) in [6.45, 7) is 4.54. The zero-order chi connectivity index (χ0) is 8.32. The van der Waals surface area contributed by atoms with Gasteiger partial charge < -0.3 is 0 Å². The molecule has 0 nitrogen and oxygen atoms in total. The normalized spacial score (nSPS) is 41.2. The molecule has 0 aliphatic heterocycles. The summed E-state index contributed by atoms with van der Waals surface area (Å²) in [7, 11) is 0. The maximum absolute atomic E-state index is 6.30. The Morgan fingerprint density at radius 2 is 1.64 bits per heavy atom. The van der Waals surface area contributed by atoms with Crippen molar-refractivity contribution in [2.75, 3.05) is 0 Å². The molecule has 0 aromatic rings. The monoisotopic (exact) mass is 174 g/mol. The van der Waals surface area contributed by atoms with Gasteiger partial charge in [-0.05, 0) is 25.7 Å². The molecule has 0 spiro atoms. The van der Waals surface area contributed by atoms with Gasteiger partial charge in [0.25, 0.3) is 0 Å². The van der Waals surface area contributed by atoms with E-state index in [4.69, 9.17) is 11.6 Å². The lowest BCUT2D eigenvalue weighted by Gasteiger charge is -2.26. The highest BCUT2D eigenvalue weighted by Crippen LogP contribution is 2.32. The fraction of sp³-hybridized carbons (Fsp3) is 1.00. The molecule has 66 valence electrons. The van der Waals surface area contributed by atoms with E-state index in [1.165, 1.54) is 38.5 Å². The van der Waals surface area contributed by atoms with Crippen LogP contribution in [0, 0.1) is 5.92 Å². The summed E-state index contributed by atoms with van der Waals surface area (Å²) >= 11 is 6.30. The number of alkyl halides is 1. The first-order valence-corrected chi connectivity index (χ1v) is 5.17. The summed E-state index contributed by atoms with van der Waals surface area (Å²) in [4.78, 5) is 0.111. The molecule has 0 aromatic carbocycles. The Morgan fingerprint density at radius 1 is 1.18 bits per heavy atom. The Kier molecular flexibility index (Phi) is 3.24. The standard InChI is InChI=1S/C10H19Cl/c1-9-5-3-7-10(2,11)8-4-6-9/h9H,3-8H2,1-2H3. The molecule has 0 atom stereocenters. The molecule has 0 N–H and O–H groups in total. The van der Waals surface area contributed by atoms with E-state index in [9.17, 15) is 0 Å². The zero-order valence-corrected chi connectivity index (χ0v) is 8.45. The maximum Gasteiger partial charge on any atom is 0.0418 e. The van der Waals surface area contributed by atoms with Crippen LogP contribution < -0.4 is 0 Å². The predicted molar refractivity (Wildman–Crippen MR) is 51.1 cm³/mol. The third-order valence-corrected chi connectivity index (χ3v) is 3.17. The molecule has 11 heavy (non-hydrogen) atoms. The molecular weight excluding hydrogens is 156 g/mol. The van der Waals surface area contributed by atoms with Crippen molar-refractivity contribution in [1.29, 1.82) is 0 Å². The van der Waals surface area contributed by atoms with Crippen molar-refractivity contribution in [1.82, 2.24) is 0 Å². The van der Waals surface area contributed by atoms with Gasteiger partial charge in [-0.25, -0.2) is 0 Å². The fourth-order valence-electron chi connectivity index (χ4n) is 1.91. The molecule has 0 aromatic heterocycles. The molecule has 0 bridgehead atoms. The van der Waals surface area contributed by atoms with Crippen molar-refractivity contribution in [2.45, 2.75) is 57.2 Å². The van der Waals surface area contributed by atoms with Crippen LogP contribution in [0.5, 0.6) is 0 Å². The maximum atomic E-state index is 6.30. The molecule has 1 rings (SSSR count). The second-order valence-corrected chi connectivity index (χ2v) is 5.22. The van der Waals surface area contributed by atoms with Crippen molar-refractivity contribution >= 4 is 11.6 Å². The van der Waals surface area contributed by atoms with Crippen LogP contribution in [0.2, 0.25) is 0 Å². The Hall–Kier alpha value is 0.290. The van der Waals surface area contributed by atoms with Crippen LogP contribution in [-0.2, 0) is 0 Å². The van der Waals surface area contributed by atoms with Gasteiger partial charge in [-0.15, -0.1) is 11.6 Å². The van der Waals surface area contributed by atoms with E-state index in [0.717, 1.165) is 5.92 Å². The summed E-state index contributed by atoms with van der Waals surface area (Å²) in [6, 6.07) is 0. The van der Waals surface area contributed by atoms with Crippen LogP contribution in [-0.4, -0.2) is 4.87 Å². The van der Waals surface area contributed by atoms with Gasteiger partial charge in [0.05, 0.1) is 0 Å². The van der Waals surface area contributed by atoms with E-state index in [1.807, 2.05) is 0 Å². The minimum Gasteiger partial charge on any atom is -0.120 e. The summed E-state index contributed by atoms with van der Waals surface area (Å²) in [5, 5.41) is 0. The number of halogens is 1. The molecule has 0 unspecified atom stereocenters. The molecule has 1 heteroatoms. The van der Waals surface area contributed by atoms with Gasteiger partial charge in [0.2, 0.25) is 0 Å². The van der Waals surface area contributed by atoms with Crippen molar-refractivity contribution < 1.29 is 0 Å². The van der Waals surface area contributed by atoms with Crippen LogP contribution in [0.3, 0.4) is 0 Å². The average Bonchev–Trinajstić information content (AvgIpc) is 1.83. The average molecular weight is 175 g/mol. The van der Waals surface area contributed by atoms with Crippen molar-refractivity contribution in [3.8, 4) is 0 Å². The quantitative estimate of drug-likeness (QED) is 0.488. The Bertz CT molecular complexity index is 106. The van der Waals surface area contributed by atoms with Gasteiger partial charge in [-0.1, -0.05) is 32.6 Å². The number of hydrogen-bond acceptors (Lipinski definition) is 0. The van der Waals surface area contributed by atoms with Crippen LogP contribution >= 0.6 is 11.6 Å². The molecule has 1 fully saturated rings. The molecule has 0 radical (unpaired) electrons. The van der Waals surface area contributed by atoms with Crippen molar-refractivity contribution in [3.05, 3.63) is 0 Å². The second kappa shape index (κ2) is 3.80. The molecule has 1 aliphatic carbocycles. The predicted octanol–water partition coefficient (Wildman–Crippen LogP) is 3.97. The van der Waals surface area contributed by atoms with Crippen LogP contribution in [0.4, 0.5) is 0 Å². The Balaban J connectivity index is 2.35. The largest absolute Gasteiger partial charge is 0.120 e. The first-order valence-electron chi connectivity index (χ1n) is 4.79. The van der Waals surface area contributed by atoms with Gasteiger partial charge in [0.1, 0.15) is 0 Å². The smallest absolute Gasteiger partial charge is 0.0418 e. The lowest BCUT2D eigenvalue weighted by molar-refractivity contribution is 0.363. The van der Waals surface area contributed by atoms with Crippen LogP contribution in [0.15, 0.2) is 0 Å². The SMILES string of the molecule is CC1CCCC(C)(Cl)CCC1. The first kappa shape index (κ1) is 9.38. The van der Waals surface area contributed by atoms with Crippen molar-refractivity contribution in [2.24, 2.45) is 5.92 Å². The molecule has 1 saturated carbocycles. The van der Waals surface area contributed by atoms with Gasteiger partial charge in [-0.2, -0.15) is 0 Å². The van der Waals surface area contributed by atoms with Crippen molar-refractivity contribution in [3.63, 3.8) is 0 Å². The van der Waals surface area contributed by atoms with E-state index in [0.29, 0.717) is 0 Å². The minimum atomic E-state index is 0.111. The third-order valence-electron chi connectivity index (χ3n) is 2.79. The molecule has 0 amide bonds. The number of rotatable bonds is 0. The highest BCUT2D eigenvalue weighted by Gasteiger charge is 2.22. The fourth-order valence-corrected chi connectivity index (χ4v) is 2.17. The molecular formula is C10H19Cl. The van der Waals surface area contributed by atoms with E-state index < -0.39 is 0 Å². The van der Waals surface area contributed by atoms with Gasteiger partial charge >= 0.3 is 0 Å². The first-order chi connectivity index (χ1) is 5.10. The third kappa shape index (κ3) is 3.46. The van der Waals surface area contributed by atoms with Gasteiger partial charge in [0.15, 0.2) is 0 Å². The minimum absolute atomic E-state index is 0.111. The summed E-state index contributed by atoms with van der Waals surface area (Å²) in [6.07, 6.45) is 7.81. The number of hydrogen-bond donors (Lipinski definition) is 0. The summed E-state index contributed by atoms with van der Waals surface area (Å²) in [5.74, 6) is 0.933. The van der Waals surface area contributed by atoms with Crippen LogP contribution in [0.1, 0.15) is 52.4 Å². The summed E-state index contributed by atoms with van der Waals surface area (Å²) < 4.78 is 0.